The first-order valence-corrected chi connectivity index (χ1v) is 6.68. The zero-order chi connectivity index (χ0) is 15.0. The van der Waals surface area contributed by atoms with E-state index >= 15 is 0 Å². The van der Waals surface area contributed by atoms with Crippen LogP contribution in [0.25, 0.3) is 22.8 Å². The number of nitrogens with two attached hydrogens (primary N) is 1. The monoisotopic (exact) mass is 351 g/mol. The molecule has 0 fully saturated rings. The first kappa shape index (κ1) is 13.7. The second kappa shape index (κ2) is 5.25. The molecular weight excluding hydrogens is 344 g/mol. The van der Waals surface area contributed by atoms with Crippen LogP contribution in [0.3, 0.4) is 0 Å². The third-order valence-corrected chi connectivity index (χ3v) is 3.48. The molecule has 0 unspecified atom stereocenters. The van der Waals surface area contributed by atoms with Crippen LogP contribution in [0.2, 0.25) is 0 Å². The maximum atomic E-state index is 13.2. The van der Waals surface area contributed by atoms with Crippen molar-refractivity contribution in [1.82, 2.24) is 10.1 Å². The van der Waals surface area contributed by atoms with E-state index in [1.807, 2.05) is 0 Å². The number of anilines is 1. The summed E-state index contributed by atoms with van der Waals surface area (Å²) >= 11 is 3.30. The zero-order valence-electron chi connectivity index (χ0n) is 10.5. The molecule has 0 aliphatic heterocycles. The van der Waals surface area contributed by atoms with Crippen LogP contribution in [0.5, 0.6) is 0 Å². The van der Waals surface area contributed by atoms with Crippen LogP contribution in [-0.4, -0.2) is 10.1 Å². The van der Waals surface area contributed by atoms with E-state index in [0.717, 1.165) is 18.2 Å². The van der Waals surface area contributed by atoms with Crippen molar-refractivity contribution < 1.29 is 13.3 Å². The highest BCUT2D eigenvalue weighted by molar-refractivity contribution is 9.10. The van der Waals surface area contributed by atoms with Crippen molar-refractivity contribution in [3.05, 3.63) is 52.5 Å². The molecule has 1 aromatic heterocycles. The summed E-state index contributed by atoms with van der Waals surface area (Å²) in [5.74, 6) is -1.06. The fourth-order valence-corrected chi connectivity index (χ4v) is 2.18. The van der Waals surface area contributed by atoms with E-state index in [9.17, 15) is 8.78 Å². The highest BCUT2D eigenvalue weighted by Crippen LogP contribution is 2.28. The molecular formula is C14H8BrF2N3O. The molecule has 0 atom stereocenters. The van der Waals surface area contributed by atoms with Gasteiger partial charge < -0.3 is 10.3 Å². The van der Waals surface area contributed by atoms with E-state index in [2.05, 4.69) is 26.1 Å². The van der Waals surface area contributed by atoms with Gasteiger partial charge in [-0.1, -0.05) is 5.16 Å². The van der Waals surface area contributed by atoms with Crippen molar-refractivity contribution in [2.45, 2.75) is 0 Å². The van der Waals surface area contributed by atoms with Crippen molar-refractivity contribution in [3.63, 3.8) is 0 Å². The smallest absolute Gasteiger partial charge is 0.258 e. The summed E-state index contributed by atoms with van der Waals surface area (Å²) in [4.78, 5) is 4.13. The van der Waals surface area contributed by atoms with Crippen LogP contribution in [0.4, 0.5) is 14.5 Å². The number of nitrogen functional groups attached to an aromatic ring is 1. The standard InChI is InChI=1S/C14H8BrF2N3O/c15-11-5-7(1-2-12(11)18)14-19-13(20-21-14)8-3-9(16)6-10(17)4-8/h1-6H,18H2. The molecule has 4 nitrogen and oxygen atoms in total. The number of hydrogen-bond acceptors (Lipinski definition) is 4. The average molecular weight is 352 g/mol. The van der Waals surface area contributed by atoms with Crippen LogP contribution in [-0.2, 0) is 0 Å². The predicted molar refractivity (Wildman–Crippen MR) is 77.2 cm³/mol. The van der Waals surface area contributed by atoms with Gasteiger partial charge in [-0.25, -0.2) is 8.78 Å². The zero-order valence-corrected chi connectivity index (χ0v) is 12.1. The lowest BCUT2D eigenvalue weighted by molar-refractivity contribution is 0.432. The first-order chi connectivity index (χ1) is 10.0. The van der Waals surface area contributed by atoms with Gasteiger partial charge in [-0.05, 0) is 46.3 Å². The fraction of sp³-hybridized carbons (Fsp3) is 0. The Balaban J connectivity index is 2.01. The van der Waals surface area contributed by atoms with Crippen molar-refractivity contribution in [1.29, 1.82) is 0 Å². The summed E-state index contributed by atoms with van der Waals surface area (Å²) in [6.45, 7) is 0. The quantitative estimate of drug-likeness (QED) is 0.708. The maximum Gasteiger partial charge on any atom is 0.258 e. The Labute approximate surface area is 126 Å². The van der Waals surface area contributed by atoms with E-state index in [-0.39, 0.29) is 17.3 Å². The van der Waals surface area contributed by atoms with Gasteiger partial charge in [0.15, 0.2) is 0 Å². The molecule has 3 aromatic rings. The topological polar surface area (TPSA) is 64.9 Å². The van der Waals surface area contributed by atoms with Gasteiger partial charge in [-0.2, -0.15) is 4.98 Å². The van der Waals surface area contributed by atoms with Crippen LogP contribution in [0, 0.1) is 11.6 Å². The molecule has 1 heterocycles. The molecule has 0 saturated carbocycles. The minimum atomic E-state index is -0.702. The number of aromatic nitrogens is 2. The van der Waals surface area contributed by atoms with Crippen molar-refractivity contribution in [2.75, 3.05) is 5.73 Å². The Hall–Kier alpha value is -2.28. The molecule has 7 heteroatoms. The highest BCUT2D eigenvalue weighted by Gasteiger charge is 2.13. The third kappa shape index (κ3) is 2.78. The van der Waals surface area contributed by atoms with Gasteiger partial charge in [0.2, 0.25) is 5.82 Å². The van der Waals surface area contributed by atoms with Gasteiger partial charge in [0, 0.05) is 27.4 Å². The summed E-state index contributed by atoms with van der Waals surface area (Å²) in [6.07, 6.45) is 0. The van der Waals surface area contributed by atoms with Gasteiger partial charge in [-0.15, -0.1) is 0 Å². The Morgan fingerprint density at radius 3 is 2.38 bits per heavy atom. The molecule has 0 bridgehead atoms. The van der Waals surface area contributed by atoms with Gasteiger partial charge >= 0.3 is 0 Å². The lowest BCUT2D eigenvalue weighted by Gasteiger charge is -1.99. The second-order valence-corrected chi connectivity index (χ2v) is 5.17. The van der Waals surface area contributed by atoms with E-state index in [1.54, 1.807) is 18.2 Å². The number of hydrogen-bond donors (Lipinski definition) is 1. The lowest BCUT2D eigenvalue weighted by Crippen LogP contribution is -1.88. The minimum Gasteiger partial charge on any atom is -0.398 e. The number of nitrogens with zero attached hydrogens (tertiary/aromatic N) is 2. The molecule has 0 saturated heterocycles. The largest absolute Gasteiger partial charge is 0.398 e. The van der Waals surface area contributed by atoms with Crippen molar-refractivity contribution in [2.24, 2.45) is 0 Å². The second-order valence-electron chi connectivity index (χ2n) is 4.32. The number of benzene rings is 2. The molecule has 2 aromatic carbocycles. The Morgan fingerprint density at radius 1 is 1.00 bits per heavy atom. The fourth-order valence-electron chi connectivity index (χ4n) is 1.80. The van der Waals surface area contributed by atoms with Crippen molar-refractivity contribution >= 4 is 21.6 Å². The Morgan fingerprint density at radius 2 is 1.71 bits per heavy atom. The molecule has 0 aliphatic rings. The van der Waals surface area contributed by atoms with Gasteiger partial charge in [0.1, 0.15) is 11.6 Å². The molecule has 0 aliphatic carbocycles. The van der Waals surface area contributed by atoms with Crippen LogP contribution in [0.15, 0.2) is 45.4 Å². The van der Waals surface area contributed by atoms with E-state index in [0.29, 0.717) is 15.7 Å². The third-order valence-electron chi connectivity index (χ3n) is 2.79. The summed E-state index contributed by atoms with van der Waals surface area (Å²) < 4.78 is 32.2. The van der Waals surface area contributed by atoms with Crippen LogP contribution < -0.4 is 5.73 Å². The minimum absolute atomic E-state index is 0.108. The molecule has 0 spiro atoms. The van der Waals surface area contributed by atoms with Crippen LogP contribution in [0.1, 0.15) is 0 Å². The number of halogens is 3. The summed E-state index contributed by atoms with van der Waals surface area (Å²) in [7, 11) is 0. The van der Waals surface area contributed by atoms with Crippen LogP contribution >= 0.6 is 15.9 Å². The molecule has 3 rings (SSSR count). The molecule has 2 N–H and O–H groups in total. The maximum absolute atomic E-state index is 13.2. The SMILES string of the molecule is Nc1ccc(-c2nc(-c3cc(F)cc(F)c3)no2)cc1Br. The summed E-state index contributed by atoms with van der Waals surface area (Å²) in [5.41, 5.74) is 7.12. The molecule has 21 heavy (non-hydrogen) atoms. The summed E-state index contributed by atoms with van der Waals surface area (Å²) in [6, 6.07) is 8.17. The average Bonchev–Trinajstić information content (AvgIpc) is 2.90. The molecule has 106 valence electrons. The van der Waals surface area contributed by atoms with Gasteiger partial charge in [-0.3, -0.25) is 0 Å². The molecule has 0 amide bonds. The highest BCUT2D eigenvalue weighted by atomic mass is 79.9. The normalized spacial score (nSPS) is 10.8. The predicted octanol–water partition coefficient (Wildman–Crippen LogP) is 4.03. The van der Waals surface area contributed by atoms with E-state index in [1.165, 1.54) is 0 Å². The van der Waals surface area contributed by atoms with Gasteiger partial charge in [0.05, 0.1) is 0 Å². The Kier molecular flexibility index (Phi) is 3.42. The van der Waals surface area contributed by atoms with E-state index < -0.39 is 11.6 Å². The number of rotatable bonds is 2. The first-order valence-electron chi connectivity index (χ1n) is 5.88. The Bertz CT molecular complexity index is 799. The lowest BCUT2D eigenvalue weighted by atomic mass is 10.2. The van der Waals surface area contributed by atoms with Crippen molar-refractivity contribution in [3.8, 4) is 22.8 Å². The van der Waals surface area contributed by atoms with E-state index in [4.69, 9.17) is 10.3 Å². The summed E-state index contributed by atoms with van der Waals surface area (Å²) in [5, 5.41) is 3.73. The van der Waals surface area contributed by atoms with Gasteiger partial charge in [0.25, 0.3) is 5.89 Å². The molecule has 0 radical (unpaired) electrons.